The summed E-state index contributed by atoms with van der Waals surface area (Å²) in [6.07, 6.45) is 0.206. The average molecular weight is 456 g/mol. The van der Waals surface area contributed by atoms with Gasteiger partial charge in [-0.1, -0.05) is 35.5 Å². The van der Waals surface area contributed by atoms with Gasteiger partial charge in [-0.2, -0.15) is 5.26 Å². The Hall–Kier alpha value is -2.82. The zero-order valence-corrected chi connectivity index (χ0v) is 19.1. The van der Waals surface area contributed by atoms with Crippen LogP contribution in [0.3, 0.4) is 0 Å². The van der Waals surface area contributed by atoms with E-state index in [0.717, 1.165) is 21.8 Å². The Morgan fingerprint density at radius 1 is 1.19 bits per heavy atom. The first kappa shape index (κ1) is 21.4. The van der Waals surface area contributed by atoms with Crippen molar-refractivity contribution in [1.82, 2.24) is 4.90 Å². The molecule has 1 unspecified atom stereocenters. The number of aryl methyl sites for hydroxylation is 1. The highest BCUT2D eigenvalue weighted by atomic mass is 35.5. The summed E-state index contributed by atoms with van der Waals surface area (Å²) in [6.45, 7) is 2.34. The number of nitrogens with zero attached hydrogens (tertiary/aromatic N) is 3. The molecule has 0 aromatic heterocycles. The summed E-state index contributed by atoms with van der Waals surface area (Å²) in [4.78, 5) is 16.9. The monoisotopic (exact) mass is 455 g/mol. The summed E-state index contributed by atoms with van der Waals surface area (Å²) < 4.78 is 10.8. The second kappa shape index (κ2) is 8.74. The molecule has 2 aliphatic rings. The number of carbonyl (C=O) groups is 1. The van der Waals surface area contributed by atoms with Gasteiger partial charge < -0.3 is 14.4 Å². The maximum Gasteiger partial charge on any atom is 0.229 e. The van der Waals surface area contributed by atoms with E-state index in [9.17, 15) is 10.1 Å². The van der Waals surface area contributed by atoms with E-state index in [2.05, 4.69) is 11.0 Å². The topological polar surface area (TPSA) is 65.8 Å². The van der Waals surface area contributed by atoms with E-state index >= 15 is 0 Å². The average Bonchev–Trinajstić information content (AvgIpc) is 2.80. The molecule has 4 rings (SSSR count). The molecule has 0 spiro atoms. The minimum Gasteiger partial charge on any atom is -0.497 e. The van der Waals surface area contributed by atoms with Gasteiger partial charge in [-0.05, 0) is 30.7 Å². The molecule has 2 aliphatic heterocycles. The minimum atomic E-state index is -0.350. The van der Waals surface area contributed by atoms with Crippen molar-refractivity contribution in [1.29, 1.82) is 5.26 Å². The lowest BCUT2D eigenvalue weighted by atomic mass is 9.86. The molecule has 6 nitrogen and oxygen atoms in total. The second-order valence-electron chi connectivity index (χ2n) is 7.41. The number of halogens is 1. The van der Waals surface area contributed by atoms with Crippen LogP contribution in [0.25, 0.3) is 0 Å². The van der Waals surface area contributed by atoms with Gasteiger partial charge in [-0.25, -0.2) is 0 Å². The molecule has 0 saturated carbocycles. The molecule has 1 fully saturated rings. The van der Waals surface area contributed by atoms with Gasteiger partial charge in [0.2, 0.25) is 5.91 Å². The molecule has 0 bridgehead atoms. The molecule has 1 saturated heterocycles. The minimum absolute atomic E-state index is 0.0210. The van der Waals surface area contributed by atoms with Crippen LogP contribution in [0.1, 0.15) is 23.5 Å². The zero-order chi connectivity index (χ0) is 22.1. The van der Waals surface area contributed by atoms with Gasteiger partial charge in [0.1, 0.15) is 11.5 Å². The number of benzene rings is 2. The Balaban J connectivity index is 1.68. The first-order chi connectivity index (χ1) is 15.0. The number of anilines is 1. The van der Waals surface area contributed by atoms with Gasteiger partial charge in [0.05, 0.1) is 43.4 Å². The molecule has 8 heteroatoms. The van der Waals surface area contributed by atoms with Crippen LogP contribution in [-0.4, -0.2) is 37.6 Å². The summed E-state index contributed by atoms with van der Waals surface area (Å²) in [6, 6.07) is 13.7. The first-order valence-electron chi connectivity index (χ1n) is 9.77. The number of nitriles is 1. The van der Waals surface area contributed by atoms with Crippen LogP contribution >= 0.6 is 23.4 Å². The van der Waals surface area contributed by atoms with E-state index in [-0.39, 0.29) is 18.2 Å². The lowest BCUT2D eigenvalue weighted by Gasteiger charge is -2.42. The molecule has 160 valence electrons. The van der Waals surface area contributed by atoms with Crippen molar-refractivity contribution in [2.45, 2.75) is 19.3 Å². The van der Waals surface area contributed by atoms with Gasteiger partial charge in [-0.3, -0.25) is 9.69 Å². The van der Waals surface area contributed by atoms with Gasteiger partial charge in [0.25, 0.3) is 0 Å². The van der Waals surface area contributed by atoms with Crippen molar-refractivity contribution >= 4 is 35.0 Å². The number of ether oxygens (including phenoxy) is 2. The summed E-state index contributed by atoms with van der Waals surface area (Å²) in [7, 11) is 3.17. The van der Waals surface area contributed by atoms with Gasteiger partial charge in [0, 0.05) is 34.7 Å². The maximum absolute atomic E-state index is 13.1. The van der Waals surface area contributed by atoms with Crippen LogP contribution in [0.4, 0.5) is 5.69 Å². The molecule has 2 aromatic rings. The van der Waals surface area contributed by atoms with Crippen molar-refractivity contribution in [2.75, 3.05) is 31.7 Å². The van der Waals surface area contributed by atoms with Crippen LogP contribution in [-0.2, 0) is 4.79 Å². The number of allylic oxidation sites excluding steroid dienone is 1. The number of hydrogen-bond acceptors (Lipinski definition) is 6. The van der Waals surface area contributed by atoms with Gasteiger partial charge in [0.15, 0.2) is 0 Å². The SMILES string of the molecule is COc1ccc(C2CC(=O)N3CN(c4ccc(C)c(Cl)c4)CSC3=C2C#N)c(OC)c1. The van der Waals surface area contributed by atoms with Crippen molar-refractivity contribution in [2.24, 2.45) is 0 Å². The number of hydrogen-bond donors (Lipinski definition) is 0. The predicted octanol–water partition coefficient (Wildman–Crippen LogP) is 4.89. The highest BCUT2D eigenvalue weighted by molar-refractivity contribution is 8.03. The van der Waals surface area contributed by atoms with Crippen LogP contribution in [0.15, 0.2) is 47.0 Å². The number of carbonyl (C=O) groups excluding carboxylic acids is 1. The van der Waals surface area contributed by atoms with E-state index in [4.69, 9.17) is 21.1 Å². The van der Waals surface area contributed by atoms with Crippen molar-refractivity contribution in [3.05, 3.63) is 63.1 Å². The fourth-order valence-electron chi connectivity index (χ4n) is 3.88. The maximum atomic E-state index is 13.1. The normalized spacial score (nSPS) is 18.5. The van der Waals surface area contributed by atoms with Crippen LogP contribution in [0, 0.1) is 18.3 Å². The summed E-state index contributed by atoms with van der Waals surface area (Å²) in [5, 5.41) is 11.4. The standard InChI is InChI=1S/C23H22ClN3O3S/c1-14-4-5-15(8-20(14)24)26-12-27-22(28)10-18(19(11-25)23(27)31-13-26)17-7-6-16(29-2)9-21(17)30-3/h4-9,18H,10,12-13H2,1-3H3. The number of amides is 1. The Morgan fingerprint density at radius 3 is 2.68 bits per heavy atom. The molecule has 0 radical (unpaired) electrons. The van der Waals surface area contributed by atoms with Crippen LogP contribution < -0.4 is 14.4 Å². The van der Waals surface area contributed by atoms with Crippen LogP contribution in [0.5, 0.6) is 11.5 Å². The molecule has 1 atom stereocenters. The molecule has 0 aliphatic carbocycles. The smallest absolute Gasteiger partial charge is 0.229 e. The largest absolute Gasteiger partial charge is 0.497 e. The quantitative estimate of drug-likeness (QED) is 0.654. The number of fused-ring (bicyclic) bond motifs is 1. The summed E-state index contributed by atoms with van der Waals surface area (Å²) in [5.41, 5.74) is 3.36. The number of rotatable bonds is 4. The summed E-state index contributed by atoms with van der Waals surface area (Å²) >= 11 is 7.79. The third kappa shape index (κ3) is 3.93. The molecular formula is C23H22ClN3O3S. The third-order valence-electron chi connectivity index (χ3n) is 5.63. The highest BCUT2D eigenvalue weighted by Gasteiger charge is 2.39. The van der Waals surface area contributed by atoms with Crippen molar-refractivity contribution in [3.8, 4) is 17.6 Å². The van der Waals surface area contributed by atoms with E-state index < -0.39 is 0 Å². The van der Waals surface area contributed by atoms with Crippen molar-refractivity contribution in [3.63, 3.8) is 0 Å². The molecular weight excluding hydrogens is 434 g/mol. The lowest BCUT2D eigenvalue weighted by molar-refractivity contribution is -0.129. The predicted molar refractivity (Wildman–Crippen MR) is 122 cm³/mol. The Morgan fingerprint density at radius 2 is 2.00 bits per heavy atom. The number of thioether (sulfide) groups is 1. The van der Waals surface area contributed by atoms with E-state index in [0.29, 0.717) is 34.6 Å². The summed E-state index contributed by atoms with van der Waals surface area (Å²) in [5.74, 6) is 1.52. The lowest BCUT2D eigenvalue weighted by Crippen LogP contribution is -2.47. The van der Waals surface area contributed by atoms with Gasteiger partial charge >= 0.3 is 0 Å². The highest BCUT2D eigenvalue weighted by Crippen LogP contribution is 2.46. The third-order valence-corrected chi connectivity index (χ3v) is 7.19. The number of methoxy groups -OCH3 is 2. The van der Waals surface area contributed by atoms with Crippen molar-refractivity contribution < 1.29 is 14.3 Å². The second-order valence-corrected chi connectivity index (χ2v) is 8.75. The fraction of sp³-hybridized carbons (Fsp3) is 0.304. The first-order valence-corrected chi connectivity index (χ1v) is 11.1. The molecule has 2 heterocycles. The molecule has 31 heavy (non-hydrogen) atoms. The van der Waals surface area contributed by atoms with E-state index in [1.165, 1.54) is 11.8 Å². The fourth-order valence-corrected chi connectivity index (χ4v) is 5.22. The Bertz CT molecular complexity index is 1110. The molecule has 2 aromatic carbocycles. The Kier molecular flexibility index (Phi) is 6.03. The zero-order valence-electron chi connectivity index (χ0n) is 17.5. The Labute approximate surface area is 191 Å². The molecule has 0 N–H and O–H groups in total. The van der Waals surface area contributed by atoms with Crippen LogP contribution in [0.2, 0.25) is 5.02 Å². The van der Waals surface area contributed by atoms with E-state index in [1.54, 1.807) is 25.2 Å². The van der Waals surface area contributed by atoms with Gasteiger partial charge in [-0.15, -0.1) is 0 Å². The van der Waals surface area contributed by atoms with E-state index in [1.807, 2.05) is 37.3 Å². The molecule has 1 amide bonds.